The van der Waals surface area contributed by atoms with Crippen LogP contribution in [0.25, 0.3) is 0 Å². The molecule has 0 aliphatic carbocycles. The lowest BCUT2D eigenvalue weighted by Crippen LogP contribution is -2.44. The Kier molecular flexibility index (Phi) is 4.02. The molecule has 0 radical (unpaired) electrons. The van der Waals surface area contributed by atoms with E-state index in [-0.39, 0.29) is 18.5 Å². The maximum absolute atomic E-state index is 12.5. The van der Waals surface area contributed by atoms with Crippen molar-refractivity contribution in [3.63, 3.8) is 0 Å². The van der Waals surface area contributed by atoms with Crippen LogP contribution >= 0.6 is 11.3 Å². The largest absolute Gasteiger partial charge is 0.331 e. The van der Waals surface area contributed by atoms with Crippen molar-refractivity contribution >= 4 is 27.3 Å². The third-order valence-electron chi connectivity index (χ3n) is 3.56. The molecule has 1 amide bonds. The number of carbonyl (C=O) groups excluding carboxylic acids is 1. The lowest BCUT2D eigenvalue weighted by Gasteiger charge is -2.34. The summed E-state index contributed by atoms with van der Waals surface area (Å²) < 4.78 is 27.1. The van der Waals surface area contributed by atoms with Gasteiger partial charge in [0.1, 0.15) is 0 Å². The van der Waals surface area contributed by atoms with Crippen LogP contribution in [0, 0.1) is 0 Å². The van der Waals surface area contributed by atoms with Crippen LogP contribution in [0.15, 0.2) is 29.4 Å². The molecule has 0 aromatic carbocycles. The second-order valence-electron chi connectivity index (χ2n) is 5.26. The number of nitrogens with zero attached hydrogens (tertiary/aromatic N) is 3. The van der Waals surface area contributed by atoms with Gasteiger partial charge in [-0.05, 0) is 11.4 Å². The fraction of sp³-hybridized carbons (Fsp3) is 0.385. The fourth-order valence-corrected chi connectivity index (χ4v) is 3.64. The van der Waals surface area contributed by atoms with Gasteiger partial charge in [-0.3, -0.25) is 4.79 Å². The molecule has 1 atom stereocenters. The molecule has 1 aliphatic heterocycles. The highest BCUT2D eigenvalue weighted by Crippen LogP contribution is 2.22. The number of rotatable bonds is 4. The SMILES string of the molecule is CS(=O)(=O)NCC1CN(C(=O)c2ccsc2)Cc2cncn21. The average molecular weight is 340 g/mol. The van der Waals surface area contributed by atoms with E-state index in [0.29, 0.717) is 18.7 Å². The minimum atomic E-state index is -3.28. The van der Waals surface area contributed by atoms with Gasteiger partial charge in [-0.1, -0.05) is 0 Å². The van der Waals surface area contributed by atoms with Crippen molar-refractivity contribution in [3.05, 3.63) is 40.6 Å². The van der Waals surface area contributed by atoms with Crippen molar-refractivity contribution < 1.29 is 13.2 Å². The minimum absolute atomic E-state index is 0.0435. The van der Waals surface area contributed by atoms with Crippen molar-refractivity contribution in [2.24, 2.45) is 0 Å². The van der Waals surface area contributed by atoms with Crippen molar-refractivity contribution in [3.8, 4) is 0 Å². The first-order valence-electron chi connectivity index (χ1n) is 6.71. The molecule has 22 heavy (non-hydrogen) atoms. The van der Waals surface area contributed by atoms with Gasteiger partial charge in [-0.2, -0.15) is 11.3 Å². The predicted molar refractivity (Wildman–Crippen MR) is 83.2 cm³/mol. The highest BCUT2D eigenvalue weighted by Gasteiger charge is 2.29. The topological polar surface area (TPSA) is 84.3 Å². The van der Waals surface area contributed by atoms with Crippen molar-refractivity contribution in [1.29, 1.82) is 0 Å². The molecule has 0 saturated heterocycles. The van der Waals surface area contributed by atoms with E-state index >= 15 is 0 Å². The second-order valence-corrected chi connectivity index (χ2v) is 7.88. The zero-order valence-corrected chi connectivity index (χ0v) is 13.6. The van der Waals surface area contributed by atoms with E-state index in [4.69, 9.17) is 0 Å². The van der Waals surface area contributed by atoms with E-state index in [2.05, 4.69) is 9.71 Å². The Hall–Kier alpha value is -1.71. The molecule has 3 heterocycles. The van der Waals surface area contributed by atoms with Gasteiger partial charge in [0, 0.05) is 24.7 Å². The molecule has 9 heteroatoms. The number of thiophene rings is 1. The Labute approximate surface area is 132 Å². The Morgan fingerprint density at radius 2 is 2.36 bits per heavy atom. The third kappa shape index (κ3) is 3.21. The van der Waals surface area contributed by atoms with Crippen molar-refractivity contribution in [1.82, 2.24) is 19.2 Å². The molecule has 1 aliphatic rings. The summed E-state index contributed by atoms with van der Waals surface area (Å²) in [4.78, 5) is 18.3. The number of amides is 1. The molecule has 1 N–H and O–H groups in total. The van der Waals surface area contributed by atoms with E-state index in [9.17, 15) is 13.2 Å². The Morgan fingerprint density at radius 3 is 3.05 bits per heavy atom. The zero-order valence-electron chi connectivity index (χ0n) is 12.0. The van der Waals surface area contributed by atoms with E-state index in [1.165, 1.54) is 11.3 Å². The molecule has 1 unspecified atom stereocenters. The first kappa shape index (κ1) is 15.2. The summed E-state index contributed by atoms with van der Waals surface area (Å²) in [6.07, 6.45) is 4.51. The molecule has 3 rings (SSSR count). The van der Waals surface area contributed by atoms with Gasteiger partial charge in [-0.25, -0.2) is 18.1 Å². The van der Waals surface area contributed by atoms with E-state index in [1.54, 1.807) is 23.5 Å². The standard InChI is InChI=1S/C13H16N4O3S2/c1-22(19,20)15-5-12-7-16(6-11-4-14-9-17(11)12)13(18)10-2-3-21-8-10/h2-4,8-9,12,15H,5-7H2,1H3. The predicted octanol–water partition coefficient (Wildman–Crippen LogP) is 0.691. The molecule has 2 aromatic rings. The summed E-state index contributed by atoms with van der Waals surface area (Å²) in [5.74, 6) is -0.0435. The van der Waals surface area contributed by atoms with Crippen LogP contribution in [-0.4, -0.2) is 48.1 Å². The molecular weight excluding hydrogens is 324 g/mol. The van der Waals surface area contributed by atoms with Gasteiger partial charge in [0.2, 0.25) is 10.0 Å². The van der Waals surface area contributed by atoms with Crippen LogP contribution in [0.2, 0.25) is 0 Å². The molecule has 2 aromatic heterocycles. The first-order chi connectivity index (χ1) is 10.4. The maximum atomic E-state index is 12.5. The normalized spacial score (nSPS) is 18.2. The summed E-state index contributed by atoms with van der Waals surface area (Å²) in [7, 11) is -3.28. The summed E-state index contributed by atoms with van der Waals surface area (Å²) in [5.41, 5.74) is 1.56. The summed E-state index contributed by atoms with van der Waals surface area (Å²) in [6, 6.07) is 1.63. The quantitative estimate of drug-likeness (QED) is 0.887. The molecule has 0 spiro atoms. The summed E-state index contributed by atoms with van der Waals surface area (Å²) in [6.45, 7) is 1.15. The van der Waals surface area contributed by atoms with Gasteiger partial charge in [0.15, 0.2) is 0 Å². The third-order valence-corrected chi connectivity index (χ3v) is 4.93. The van der Waals surface area contributed by atoms with Crippen LogP contribution in [0.4, 0.5) is 0 Å². The number of imidazole rings is 1. The maximum Gasteiger partial charge on any atom is 0.255 e. The molecule has 0 fully saturated rings. The Bertz CT molecular complexity index is 767. The summed E-state index contributed by atoms with van der Waals surface area (Å²) >= 11 is 1.48. The van der Waals surface area contributed by atoms with Crippen LogP contribution in [-0.2, 0) is 16.6 Å². The number of aromatic nitrogens is 2. The minimum Gasteiger partial charge on any atom is -0.331 e. The van der Waals surface area contributed by atoms with Gasteiger partial charge < -0.3 is 9.47 Å². The molecule has 0 saturated carbocycles. The first-order valence-corrected chi connectivity index (χ1v) is 9.54. The Morgan fingerprint density at radius 1 is 1.55 bits per heavy atom. The molecule has 118 valence electrons. The number of hydrogen-bond donors (Lipinski definition) is 1. The van der Waals surface area contributed by atoms with Gasteiger partial charge in [0.25, 0.3) is 5.91 Å². The zero-order chi connectivity index (χ0) is 15.7. The van der Waals surface area contributed by atoms with E-state index < -0.39 is 10.0 Å². The van der Waals surface area contributed by atoms with Gasteiger partial charge in [0.05, 0.1) is 36.4 Å². The number of nitrogens with one attached hydrogen (secondary N) is 1. The van der Waals surface area contributed by atoms with Gasteiger partial charge in [-0.15, -0.1) is 0 Å². The lowest BCUT2D eigenvalue weighted by molar-refractivity contribution is 0.0681. The number of sulfonamides is 1. The fourth-order valence-electron chi connectivity index (χ4n) is 2.52. The van der Waals surface area contributed by atoms with Crippen molar-refractivity contribution in [2.75, 3.05) is 19.3 Å². The highest BCUT2D eigenvalue weighted by atomic mass is 32.2. The van der Waals surface area contributed by atoms with E-state index in [0.717, 1.165) is 11.9 Å². The Balaban J connectivity index is 1.81. The number of fused-ring (bicyclic) bond motifs is 1. The average Bonchev–Trinajstić information content (AvgIpc) is 3.13. The van der Waals surface area contributed by atoms with Crippen LogP contribution in [0.1, 0.15) is 22.1 Å². The lowest BCUT2D eigenvalue weighted by atomic mass is 10.1. The summed E-state index contributed by atoms with van der Waals surface area (Å²) in [5, 5.41) is 3.68. The second kappa shape index (κ2) is 5.82. The molecule has 0 bridgehead atoms. The molecular formula is C13H16N4O3S2. The monoisotopic (exact) mass is 340 g/mol. The van der Waals surface area contributed by atoms with Crippen molar-refractivity contribution in [2.45, 2.75) is 12.6 Å². The van der Waals surface area contributed by atoms with Crippen LogP contribution in [0.3, 0.4) is 0 Å². The molecule has 7 nitrogen and oxygen atoms in total. The highest BCUT2D eigenvalue weighted by molar-refractivity contribution is 7.88. The van der Waals surface area contributed by atoms with Crippen LogP contribution < -0.4 is 4.72 Å². The van der Waals surface area contributed by atoms with Gasteiger partial charge >= 0.3 is 0 Å². The number of carbonyl (C=O) groups is 1. The number of hydrogen-bond acceptors (Lipinski definition) is 5. The van der Waals surface area contributed by atoms with Crippen LogP contribution in [0.5, 0.6) is 0 Å². The van der Waals surface area contributed by atoms with E-state index in [1.807, 2.05) is 15.3 Å². The smallest absolute Gasteiger partial charge is 0.255 e.